The van der Waals surface area contributed by atoms with E-state index in [2.05, 4.69) is 25.8 Å². The molecule has 3 N–H and O–H groups in total. The van der Waals surface area contributed by atoms with E-state index >= 15 is 0 Å². The second kappa shape index (κ2) is 5.09. The van der Waals surface area contributed by atoms with Gasteiger partial charge in [-0.2, -0.15) is 10.1 Å². The van der Waals surface area contributed by atoms with E-state index in [9.17, 15) is 9.59 Å². The van der Waals surface area contributed by atoms with Gasteiger partial charge in [0.15, 0.2) is 0 Å². The summed E-state index contributed by atoms with van der Waals surface area (Å²) in [4.78, 5) is 29.2. The SMILES string of the molecule is O=C1NC2(CCCCC2)n2c1c(Cl)cc(Nc1ncn[nH]1)c2=O. The van der Waals surface area contributed by atoms with Gasteiger partial charge in [-0.3, -0.25) is 14.2 Å². The molecule has 0 aromatic carbocycles. The van der Waals surface area contributed by atoms with Crippen LogP contribution >= 0.6 is 11.6 Å². The van der Waals surface area contributed by atoms with Crippen molar-refractivity contribution < 1.29 is 4.79 Å². The molecule has 4 rings (SSSR count). The van der Waals surface area contributed by atoms with Crippen LogP contribution in [0.15, 0.2) is 17.2 Å². The van der Waals surface area contributed by atoms with Crippen molar-refractivity contribution in [1.29, 1.82) is 0 Å². The first-order valence-electron chi connectivity index (χ1n) is 7.52. The third-order valence-electron chi connectivity index (χ3n) is 4.49. The number of hydrogen-bond acceptors (Lipinski definition) is 5. The van der Waals surface area contributed by atoms with E-state index in [0.29, 0.717) is 5.95 Å². The van der Waals surface area contributed by atoms with Crippen molar-refractivity contribution in [2.45, 2.75) is 37.8 Å². The molecule has 2 aromatic heterocycles. The minimum absolute atomic E-state index is 0.238. The lowest BCUT2D eigenvalue weighted by Gasteiger charge is -2.35. The second-order valence-corrected chi connectivity index (χ2v) is 6.31. The zero-order valence-corrected chi connectivity index (χ0v) is 13.0. The van der Waals surface area contributed by atoms with Crippen molar-refractivity contribution in [3.63, 3.8) is 0 Å². The molecule has 0 radical (unpaired) electrons. The van der Waals surface area contributed by atoms with E-state index in [4.69, 9.17) is 11.6 Å². The molecule has 9 heteroatoms. The molecule has 23 heavy (non-hydrogen) atoms. The number of pyridine rings is 1. The maximum atomic E-state index is 12.9. The molecule has 1 aliphatic carbocycles. The Bertz CT molecular complexity index is 823. The zero-order chi connectivity index (χ0) is 16.0. The highest BCUT2D eigenvalue weighted by atomic mass is 35.5. The number of fused-ring (bicyclic) bond motifs is 2. The highest BCUT2D eigenvalue weighted by Gasteiger charge is 2.45. The van der Waals surface area contributed by atoms with Crippen LogP contribution in [0, 0.1) is 0 Å². The number of anilines is 2. The summed E-state index contributed by atoms with van der Waals surface area (Å²) < 4.78 is 1.52. The molecule has 0 atom stereocenters. The number of nitrogens with zero attached hydrogens (tertiary/aromatic N) is 3. The Labute approximate surface area is 136 Å². The Morgan fingerprint density at radius 2 is 2.04 bits per heavy atom. The van der Waals surface area contributed by atoms with Gasteiger partial charge in [0, 0.05) is 0 Å². The molecule has 1 amide bonds. The highest BCUT2D eigenvalue weighted by Crippen LogP contribution is 2.38. The summed E-state index contributed by atoms with van der Waals surface area (Å²) in [6.45, 7) is 0. The smallest absolute Gasteiger partial charge is 0.276 e. The van der Waals surface area contributed by atoms with Crippen LogP contribution in [-0.4, -0.2) is 25.7 Å². The maximum absolute atomic E-state index is 12.9. The third kappa shape index (κ3) is 2.13. The van der Waals surface area contributed by atoms with Crippen molar-refractivity contribution in [1.82, 2.24) is 25.1 Å². The summed E-state index contributed by atoms with van der Waals surface area (Å²) in [5.74, 6) is 0.0499. The topological polar surface area (TPSA) is 105 Å². The molecule has 8 nitrogen and oxygen atoms in total. The maximum Gasteiger partial charge on any atom is 0.276 e. The summed E-state index contributed by atoms with van der Waals surface area (Å²) in [6, 6.07) is 1.46. The molecule has 3 heterocycles. The fraction of sp³-hybridized carbons (Fsp3) is 0.429. The fourth-order valence-corrected chi connectivity index (χ4v) is 3.78. The van der Waals surface area contributed by atoms with Crippen LogP contribution in [-0.2, 0) is 5.66 Å². The minimum atomic E-state index is -0.662. The van der Waals surface area contributed by atoms with E-state index in [-0.39, 0.29) is 27.9 Å². The van der Waals surface area contributed by atoms with Crippen LogP contribution < -0.4 is 16.2 Å². The van der Waals surface area contributed by atoms with Gasteiger partial charge >= 0.3 is 0 Å². The average molecular weight is 335 g/mol. The molecular formula is C14H15ClN6O2. The van der Waals surface area contributed by atoms with Crippen molar-refractivity contribution >= 4 is 29.1 Å². The number of nitrogens with one attached hydrogen (secondary N) is 3. The third-order valence-corrected chi connectivity index (χ3v) is 4.78. The average Bonchev–Trinajstić information content (AvgIpc) is 3.12. The molecule has 1 aliphatic heterocycles. The lowest BCUT2D eigenvalue weighted by atomic mass is 9.89. The van der Waals surface area contributed by atoms with Crippen molar-refractivity contribution in [3.05, 3.63) is 33.5 Å². The monoisotopic (exact) mass is 334 g/mol. The van der Waals surface area contributed by atoms with Gasteiger partial charge in [-0.05, 0) is 31.7 Å². The first-order chi connectivity index (χ1) is 11.1. The zero-order valence-electron chi connectivity index (χ0n) is 12.2. The second-order valence-electron chi connectivity index (χ2n) is 5.90. The van der Waals surface area contributed by atoms with E-state index in [1.165, 1.54) is 17.0 Å². The lowest BCUT2D eigenvalue weighted by molar-refractivity contribution is 0.0877. The molecule has 2 aliphatic rings. The van der Waals surface area contributed by atoms with Gasteiger partial charge in [-0.15, -0.1) is 0 Å². The number of aromatic nitrogens is 4. The highest BCUT2D eigenvalue weighted by molar-refractivity contribution is 6.34. The molecule has 0 bridgehead atoms. The van der Waals surface area contributed by atoms with Gasteiger partial charge in [0.1, 0.15) is 23.4 Å². The Kier molecular flexibility index (Phi) is 3.15. The van der Waals surface area contributed by atoms with Crippen molar-refractivity contribution in [2.75, 3.05) is 5.32 Å². The Morgan fingerprint density at radius 3 is 2.74 bits per heavy atom. The van der Waals surface area contributed by atoms with Crippen LogP contribution in [0.1, 0.15) is 42.6 Å². The van der Waals surface area contributed by atoms with Gasteiger partial charge in [-0.25, -0.2) is 5.10 Å². The standard InChI is InChI=1S/C14H15ClN6O2/c15-8-6-9(18-13-16-7-17-20-13)12(23)21-10(8)11(22)19-14(21)4-2-1-3-5-14/h6-7H,1-5H2,(H,19,22)(H2,16,17,18,20). The van der Waals surface area contributed by atoms with Crippen LogP contribution in [0.3, 0.4) is 0 Å². The number of rotatable bonds is 2. The molecule has 1 spiro atoms. The summed E-state index contributed by atoms with van der Waals surface area (Å²) >= 11 is 6.28. The summed E-state index contributed by atoms with van der Waals surface area (Å²) in [5, 5.41) is 12.5. The Morgan fingerprint density at radius 1 is 1.26 bits per heavy atom. The van der Waals surface area contributed by atoms with Gasteiger partial charge in [0.25, 0.3) is 11.5 Å². The molecule has 0 saturated heterocycles. The predicted molar refractivity (Wildman–Crippen MR) is 83.9 cm³/mol. The first kappa shape index (κ1) is 14.3. The van der Waals surface area contributed by atoms with Crippen LogP contribution in [0.5, 0.6) is 0 Å². The number of carbonyl (C=O) groups is 1. The number of halogens is 1. The van der Waals surface area contributed by atoms with E-state index in [0.717, 1.165) is 32.1 Å². The lowest BCUT2D eigenvalue weighted by Crippen LogP contribution is -2.48. The Hall–Kier alpha value is -2.35. The normalized spacial score (nSPS) is 18.7. The summed E-state index contributed by atoms with van der Waals surface area (Å²) in [6.07, 6.45) is 5.82. The quantitative estimate of drug-likeness (QED) is 0.775. The molecule has 1 fully saturated rings. The van der Waals surface area contributed by atoms with Crippen LogP contribution in [0.2, 0.25) is 5.02 Å². The summed E-state index contributed by atoms with van der Waals surface area (Å²) in [7, 11) is 0. The number of amides is 1. The fourth-order valence-electron chi connectivity index (χ4n) is 3.50. The number of hydrogen-bond donors (Lipinski definition) is 3. The Balaban J connectivity index is 1.87. The van der Waals surface area contributed by atoms with Crippen molar-refractivity contribution in [2.24, 2.45) is 0 Å². The number of aromatic amines is 1. The van der Waals surface area contributed by atoms with E-state index < -0.39 is 5.66 Å². The molecular weight excluding hydrogens is 320 g/mol. The largest absolute Gasteiger partial charge is 0.327 e. The minimum Gasteiger partial charge on any atom is -0.327 e. The summed E-state index contributed by atoms with van der Waals surface area (Å²) in [5.41, 5.74) is -0.454. The van der Waals surface area contributed by atoms with E-state index in [1.807, 2.05) is 0 Å². The number of carbonyl (C=O) groups excluding carboxylic acids is 1. The first-order valence-corrected chi connectivity index (χ1v) is 7.89. The van der Waals surface area contributed by atoms with E-state index in [1.54, 1.807) is 0 Å². The molecule has 2 aromatic rings. The van der Waals surface area contributed by atoms with Gasteiger partial charge < -0.3 is 10.6 Å². The van der Waals surface area contributed by atoms with Crippen LogP contribution in [0.25, 0.3) is 0 Å². The number of H-pyrrole nitrogens is 1. The van der Waals surface area contributed by atoms with Crippen molar-refractivity contribution in [3.8, 4) is 0 Å². The van der Waals surface area contributed by atoms with Crippen LogP contribution in [0.4, 0.5) is 11.6 Å². The molecule has 120 valence electrons. The predicted octanol–water partition coefficient (Wildman–Crippen LogP) is 1.72. The van der Waals surface area contributed by atoms with Gasteiger partial charge in [-0.1, -0.05) is 18.0 Å². The molecule has 1 saturated carbocycles. The van der Waals surface area contributed by atoms with Gasteiger partial charge in [0.2, 0.25) is 5.95 Å². The molecule has 0 unspecified atom stereocenters. The van der Waals surface area contributed by atoms with Gasteiger partial charge in [0.05, 0.1) is 5.02 Å².